The number of hydrogen-bond acceptors (Lipinski definition) is 8. The fourth-order valence-corrected chi connectivity index (χ4v) is 7.00. The van der Waals surface area contributed by atoms with Crippen molar-refractivity contribution in [2.24, 2.45) is 0 Å². The summed E-state index contributed by atoms with van der Waals surface area (Å²) in [6.45, 7) is 20.1. The highest BCUT2D eigenvalue weighted by molar-refractivity contribution is 6.70. The fraction of sp³-hybridized carbons (Fsp3) is 0.667. The summed E-state index contributed by atoms with van der Waals surface area (Å²) in [6, 6.07) is 6.93. The molecule has 0 aromatic heterocycles. The van der Waals surface area contributed by atoms with E-state index in [9.17, 15) is 9.59 Å². The second-order valence-corrected chi connectivity index (χ2v) is 25.2. The van der Waals surface area contributed by atoms with Gasteiger partial charge in [0.25, 0.3) is 0 Å². The van der Waals surface area contributed by atoms with Crippen molar-refractivity contribution in [2.45, 2.75) is 96.6 Å². The average Bonchev–Trinajstić information content (AvgIpc) is 2.69. The normalized spacial score (nSPS) is 25.2. The van der Waals surface area contributed by atoms with Crippen LogP contribution in [0.5, 0.6) is 5.75 Å². The van der Waals surface area contributed by atoms with Crippen LogP contribution in [-0.2, 0) is 32.3 Å². The summed E-state index contributed by atoms with van der Waals surface area (Å²) in [5, 5.41) is 2.73. The topological polar surface area (TPSA) is 102 Å². The molecule has 1 fully saturated rings. The molecule has 1 heterocycles. The number of rotatable bonds is 10. The number of esters is 1. The molecule has 1 aliphatic heterocycles. The summed E-state index contributed by atoms with van der Waals surface area (Å²) in [5.41, 5.74) is 0.644. The van der Waals surface area contributed by atoms with Crippen LogP contribution < -0.4 is 10.1 Å². The molecular formula is C24H43NO8Si3. The predicted octanol–water partition coefficient (Wildman–Crippen LogP) is 4.58. The van der Waals surface area contributed by atoms with Gasteiger partial charge in [-0.2, -0.15) is 0 Å². The molecule has 12 heteroatoms. The van der Waals surface area contributed by atoms with Crippen LogP contribution >= 0.6 is 0 Å². The maximum absolute atomic E-state index is 12.9. The molecule has 1 aromatic rings. The molecule has 9 nitrogen and oxygen atoms in total. The van der Waals surface area contributed by atoms with Gasteiger partial charge in [0.1, 0.15) is 24.1 Å². The van der Waals surface area contributed by atoms with E-state index in [1.165, 1.54) is 14.0 Å². The van der Waals surface area contributed by atoms with Gasteiger partial charge in [0, 0.05) is 12.6 Å². The Balaban J connectivity index is 2.53. The van der Waals surface area contributed by atoms with Crippen molar-refractivity contribution in [1.82, 2.24) is 0 Å². The van der Waals surface area contributed by atoms with Gasteiger partial charge in [-0.05, 0) is 83.2 Å². The highest BCUT2D eigenvalue weighted by Gasteiger charge is 2.55. The quantitative estimate of drug-likeness (QED) is 0.329. The molecule has 1 saturated heterocycles. The molecule has 0 aliphatic carbocycles. The maximum atomic E-state index is 12.9. The number of hydrogen-bond donors (Lipinski definition) is 1. The minimum Gasteiger partial charge on any atom is -0.467 e. The van der Waals surface area contributed by atoms with Gasteiger partial charge in [-0.1, -0.05) is 0 Å². The van der Waals surface area contributed by atoms with Gasteiger partial charge >= 0.3 is 5.97 Å². The number of amides is 1. The van der Waals surface area contributed by atoms with Crippen molar-refractivity contribution in [3.8, 4) is 5.75 Å². The summed E-state index contributed by atoms with van der Waals surface area (Å²) >= 11 is 0. The summed E-state index contributed by atoms with van der Waals surface area (Å²) < 4.78 is 37.4. The zero-order chi connectivity index (χ0) is 27.5. The van der Waals surface area contributed by atoms with E-state index in [1.807, 2.05) is 0 Å². The van der Waals surface area contributed by atoms with Gasteiger partial charge in [-0.25, -0.2) is 4.79 Å². The fourth-order valence-electron chi connectivity index (χ4n) is 3.78. The number of ether oxygens (including phenoxy) is 3. The first-order valence-corrected chi connectivity index (χ1v) is 22.4. The molecule has 2 rings (SSSR count). The van der Waals surface area contributed by atoms with Crippen LogP contribution in [-0.4, -0.2) is 74.6 Å². The molecule has 1 N–H and O–H groups in total. The third-order valence-corrected chi connectivity index (χ3v) is 7.76. The van der Waals surface area contributed by atoms with Gasteiger partial charge in [0.05, 0.1) is 7.11 Å². The predicted molar refractivity (Wildman–Crippen MR) is 147 cm³/mol. The Bertz CT molecular complexity index is 893. The minimum atomic E-state index is -2.14. The number of carbonyl (C=O) groups is 2. The van der Waals surface area contributed by atoms with E-state index in [0.717, 1.165) is 0 Å². The van der Waals surface area contributed by atoms with Crippen molar-refractivity contribution in [1.29, 1.82) is 0 Å². The van der Waals surface area contributed by atoms with Crippen LogP contribution in [0, 0.1) is 0 Å². The first-order chi connectivity index (χ1) is 16.4. The van der Waals surface area contributed by atoms with Gasteiger partial charge in [-0.15, -0.1) is 0 Å². The third kappa shape index (κ3) is 9.73. The van der Waals surface area contributed by atoms with Crippen LogP contribution in [0.3, 0.4) is 0 Å². The Labute approximate surface area is 218 Å². The lowest BCUT2D eigenvalue weighted by Gasteiger charge is -2.49. The number of nitrogens with one attached hydrogen (secondary N) is 1. The Kier molecular flexibility index (Phi) is 10.1. The summed E-state index contributed by atoms with van der Waals surface area (Å²) in [5.74, 6) is -0.217. The van der Waals surface area contributed by atoms with E-state index in [-0.39, 0.29) is 5.91 Å². The van der Waals surface area contributed by atoms with E-state index in [1.54, 1.807) is 24.3 Å². The molecule has 0 radical (unpaired) electrons. The Morgan fingerprint density at radius 2 is 1.25 bits per heavy atom. The summed E-state index contributed by atoms with van der Waals surface area (Å²) in [6.07, 6.45) is -3.94. The number of anilines is 1. The van der Waals surface area contributed by atoms with Crippen molar-refractivity contribution in [3.63, 3.8) is 0 Å². The van der Waals surface area contributed by atoms with Crippen LogP contribution in [0.2, 0.25) is 58.9 Å². The first-order valence-electron chi connectivity index (χ1n) is 12.2. The van der Waals surface area contributed by atoms with Gasteiger partial charge in [-0.3, -0.25) is 4.79 Å². The first kappa shape index (κ1) is 30.7. The largest absolute Gasteiger partial charge is 0.467 e. The van der Waals surface area contributed by atoms with Gasteiger partial charge in [0.15, 0.2) is 31.1 Å². The second kappa shape index (κ2) is 11.9. The Morgan fingerprint density at radius 3 is 1.69 bits per heavy atom. The maximum Gasteiger partial charge on any atom is 0.337 e. The standard InChI is InChI=1S/C24H43NO8Si3/c1-16(26)25-17-12-14-18(15-13-17)29-24-22(33-36(9,10)11)20(32-35(6,7)8)19(31-34(3,4)5)21(30-24)23(27)28-2/h12-15,19-22,24H,1-11H3,(H,25,26)/t19-,20-,21-,22+,24+/m0/s1. The van der Waals surface area contributed by atoms with E-state index in [0.29, 0.717) is 11.4 Å². The smallest absolute Gasteiger partial charge is 0.337 e. The lowest BCUT2D eigenvalue weighted by molar-refractivity contribution is -0.261. The third-order valence-electron chi connectivity index (χ3n) is 4.82. The SMILES string of the molecule is COC(=O)[C@H]1O[C@@H](Oc2ccc(NC(C)=O)cc2)[C@H](O[Si](C)(C)C)[C@@H](O[Si](C)(C)C)[C@@H]1O[Si](C)(C)C. The molecular weight excluding hydrogens is 515 g/mol. The van der Waals surface area contributed by atoms with E-state index in [2.05, 4.69) is 64.2 Å². The van der Waals surface area contributed by atoms with Crippen LogP contribution in [0.25, 0.3) is 0 Å². The zero-order valence-electron chi connectivity index (χ0n) is 23.5. The van der Waals surface area contributed by atoms with Gasteiger partial charge < -0.3 is 32.8 Å². The van der Waals surface area contributed by atoms with Crippen molar-refractivity contribution < 1.29 is 37.1 Å². The Morgan fingerprint density at radius 1 is 0.778 bits per heavy atom. The molecule has 1 amide bonds. The minimum absolute atomic E-state index is 0.163. The van der Waals surface area contributed by atoms with Crippen molar-refractivity contribution in [3.05, 3.63) is 24.3 Å². The summed E-state index contributed by atoms with van der Waals surface area (Å²) in [4.78, 5) is 24.3. The molecule has 1 aromatic carbocycles. The van der Waals surface area contributed by atoms with Crippen LogP contribution in [0.4, 0.5) is 5.69 Å². The molecule has 36 heavy (non-hydrogen) atoms. The number of carbonyl (C=O) groups excluding carboxylic acids is 2. The molecule has 0 bridgehead atoms. The molecule has 5 atom stereocenters. The van der Waals surface area contributed by atoms with E-state index >= 15 is 0 Å². The van der Waals surface area contributed by atoms with E-state index < -0.39 is 61.6 Å². The highest BCUT2D eigenvalue weighted by atomic mass is 28.4. The number of benzene rings is 1. The molecule has 0 unspecified atom stereocenters. The molecule has 1 aliphatic rings. The van der Waals surface area contributed by atoms with E-state index in [4.69, 9.17) is 27.5 Å². The van der Waals surface area contributed by atoms with Gasteiger partial charge in [0.2, 0.25) is 12.2 Å². The van der Waals surface area contributed by atoms with Crippen LogP contribution in [0.15, 0.2) is 24.3 Å². The van der Waals surface area contributed by atoms with Crippen molar-refractivity contribution >= 4 is 42.5 Å². The average molecular weight is 558 g/mol. The summed E-state index contributed by atoms with van der Waals surface area (Å²) in [7, 11) is -5.07. The Hall–Kier alpha value is -1.55. The zero-order valence-corrected chi connectivity index (χ0v) is 26.5. The monoisotopic (exact) mass is 557 g/mol. The number of methoxy groups -OCH3 is 1. The van der Waals surface area contributed by atoms with Crippen molar-refractivity contribution in [2.75, 3.05) is 12.4 Å². The molecule has 204 valence electrons. The second-order valence-electron chi connectivity index (χ2n) is 11.9. The molecule has 0 spiro atoms. The lowest BCUT2D eigenvalue weighted by atomic mass is 9.99. The lowest BCUT2D eigenvalue weighted by Crippen LogP contribution is -2.67. The highest BCUT2D eigenvalue weighted by Crippen LogP contribution is 2.35. The molecule has 0 saturated carbocycles. The van der Waals surface area contributed by atoms with Crippen LogP contribution in [0.1, 0.15) is 6.92 Å².